The molecule has 0 radical (unpaired) electrons. The van der Waals surface area contributed by atoms with Crippen molar-refractivity contribution in [1.82, 2.24) is 0 Å². The van der Waals surface area contributed by atoms with Crippen molar-refractivity contribution in [2.24, 2.45) is 0 Å². The van der Waals surface area contributed by atoms with E-state index < -0.39 is 0 Å². The Hall–Kier alpha value is -1.06. The van der Waals surface area contributed by atoms with Gasteiger partial charge >= 0.3 is 0 Å². The highest BCUT2D eigenvalue weighted by atomic mass is 127. The first-order chi connectivity index (χ1) is 8.69. The first-order valence-electron chi connectivity index (χ1n) is 5.37. The van der Waals surface area contributed by atoms with Crippen LogP contribution in [-0.2, 0) is 6.54 Å². The lowest BCUT2D eigenvalue weighted by atomic mass is 10.1. The third-order valence-corrected chi connectivity index (χ3v) is 3.93. The lowest BCUT2D eigenvalue weighted by molar-refractivity contribution is 1.14. The van der Waals surface area contributed by atoms with Crippen LogP contribution in [0.15, 0.2) is 46.9 Å². The lowest BCUT2D eigenvalue weighted by Gasteiger charge is -2.09. The molecular formula is C14H10BrIN2. The molecular weight excluding hydrogens is 403 g/mol. The zero-order chi connectivity index (χ0) is 13.0. The molecule has 0 heterocycles. The van der Waals surface area contributed by atoms with E-state index in [9.17, 15) is 0 Å². The van der Waals surface area contributed by atoms with Crippen LogP contribution in [0.2, 0.25) is 0 Å². The Bertz CT molecular complexity index is 588. The molecule has 0 atom stereocenters. The van der Waals surface area contributed by atoms with E-state index in [1.54, 1.807) is 0 Å². The molecule has 90 valence electrons. The van der Waals surface area contributed by atoms with Crippen molar-refractivity contribution in [3.8, 4) is 6.07 Å². The van der Waals surface area contributed by atoms with E-state index in [0.29, 0.717) is 5.56 Å². The maximum atomic E-state index is 8.73. The Morgan fingerprint density at radius 2 is 1.89 bits per heavy atom. The van der Waals surface area contributed by atoms with Gasteiger partial charge in [-0.3, -0.25) is 0 Å². The fourth-order valence-corrected chi connectivity index (χ4v) is 2.41. The molecule has 0 fully saturated rings. The van der Waals surface area contributed by atoms with Crippen LogP contribution in [-0.4, -0.2) is 0 Å². The molecule has 0 unspecified atom stereocenters. The number of benzene rings is 2. The summed E-state index contributed by atoms with van der Waals surface area (Å²) in [6.45, 7) is 0.748. The summed E-state index contributed by atoms with van der Waals surface area (Å²) >= 11 is 5.77. The van der Waals surface area contributed by atoms with Gasteiger partial charge < -0.3 is 5.32 Å². The summed E-state index contributed by atoms with van der Waals surface area (Å²) in [5.74, 6) is 0. The summed E-state index contributed by atoms with van der Waals surface area (Å²) in [6.07, 6.45) is 0. The van der Waals surface area contributed by atoms with Gasteiger partial charge in [0.2, 0.25) is 0 Å². The summed E-state index contributed by atoms with van der Waals surface area (Å²) < 4.78 is 2.25. The molecule has 2 aromatic rings. The SMILES string of the molecule is N#Cc1ccc(CNc2cc(Br)ccc2I)cc1. The summed E-state index contributed by atoms with van der Waals surface area (Å²) in [7, 11) is 0. The van der Waals surface area contributed by atoms with Crippen LogP contribution in [0, 0.1) is 14.9 Å². The number of nitrogens with one attached hydrogen (secondary N) is 1. The molecule has 0 spiro atoms. The highest BCUT2D eigenvalue weighted by Gasteiger charge is 2.00. The summed E-state index contributed by atoms with van der Waals surface area (Å²) in [6, 6.07) is 15.9. The number of hydrogen-bond acceptors (Lipinski definition) is 2. The molecule has 0 amide bonds. The first kappa shape index (κ1) is 13.4. The monoisotopic (exact) mass is 412 g/mol. The van der Waals surface area contributed by atoms with Gasteiger partial charge in [-0.1, -0.05) is 28.1 Å². The summed E-state index contributed by atoms with van der Waals surface area (Å²) in [5, 5.41) is 12.1. The van der Waals surface area contributed by atoms with Gasteiger partial charge in [0.05, 0.1) is 11.6 Å². The Morgan fingerprint density at radius 3 is 2.56 bits per heavy atom. The van der Waals surface area contributed by atoms with Crippen LogP contribution in [0.5, 0.6) is 0 Å². The molecule has 2 aromatic carbocycles. The summed E-state index contributed by atoms with van der Waals surface area (Å²) in [4.78, 5) is 0. The van der Waals surface area contributed by atoms with Gasteiger partial charge in [-0.25, -0.2) is 0 Å². The Kier molecular flexibility index (Phi) is 4.61. The molecule has 0 aliphatic rings. The largest absolute Gasteiger partial charge is 0.380 e. The van der Waals surface area contributed by atoms with E-state index in [2.05, 4.69) is 62.0 Å². The number of nitrogens with zero attached hydrogens (tertiary/aromatic N) is 1. The van der Waals surface area contributed by atoms with E-state index in [4.69, 9.17) is 5.26 Å². The zero-order valence-corrected chi connectivity index (χ0v) is 13.2. The molecule has 0 aliphatic heterocycles. The predicted molar refractivity (Wildman–Crippen MR) is 85.3 cm³/mol. The van der Waals surface area contributed by atoms with Crippen molar-refractivity contribution in [2.75, 3.05) is 5.32 Å². The minimum Gasteiger partial charge on any atom is -0.380 e. The van der Waals surface area contributed by atoms with Gasteiger partial charge in [0, 0.05) is 20.3 Å². The quantitative estimate of drug-likeness (QED) is 0.751. The van der Waals surface area contributed by atoms with Crippen LogP contribution >= 0.6 is 38.5 Å². The van der Waals surface area contributed by atoms with Crippen molar-refractivity contribution >= 4 is 44.2 Å². The van der Waals surface area contributed by atoms with Crippen LogP contribution in [0.1, 0.15) is 11.1 Å². The minimum absolute atomic E-state index is 0.691. The average Bonchev–Trinajstić information content (AvgIpc) is 2.40. The lowest BCUT2D eigenvalue weighted by Crippen LogP contribution is -2.00. The van der Waals surface area contributed by atoms with Gasteiger partial charge in [0.15, 0.2) is 0 Å². The number of hydrogen-bond donors (Lipinski definition) is 1. The molecule has 2 nitrogen and oxygen atoms in total. The maximum Gasteiger partial charge on any atom is 0.0991 e. The van der Waals surface area contributed by atoms with Gasteiger partial charge in [0.25, 0.3) is 0 Å². The molecule has 4 heteroatoms. The first-order valence-corrected chi connectivity index (χ1v) is 7.24. The van der Waals surface area contributed by atoms with E-state index in [1.165, 1.54) is 3.57 Å². The second-order valence-corrected chi connectivity index (χ2v) is 5.86. The predicted octanol–water partition coefficient (Wildman–Crippen LogP) is 4.54. The number of rotatable bonds is 3. The highest BCUT2D eigenvalue weighted by molar-refractivity contribution is 14.1. The minimum atomic E-state index is 0.691. The maximum absolute atomic E-state index is 8.73. The third-order valence-electron chi connectivity index (χ3n) is 2.49. The van der Waals surface area contributed by atoms with Crippen molar-refractivity contribution in [3.63, 3.8) is 0 Å². The Balaban J connectivity index is 2.07. The molecule has 0 saturated heterocycles. The van der Waals surface area contributed by atoms with Crippen molar-refractivity contribution in [3.05, 3.63) is 61.6 Å². The molecule has 18 heavy (non-hydrogen) atoms. The van der Waals surface area contributed by atoms with Crippen LogP contribution in [0.25, 0.3) is 0 Å². The molecule has 0 bridgehead atoms. The second kappa shape index (κ2) is 6.21. The van der Waals surface area contributed by atoms with Crippen molar-refractivity contribution < 1.29 is 0 Å². The van der Waals surface area contributed by atoms with Crippen LogP contribution in [0.3, 0.4) is 0 Å². The third kappa shape index (κ3) is 3.47. The van der Waals surface area contributed by atoms with Gasteiger partial charge in [-0.15, -0.1) is 0 Å². The second-order valence-electron chi connectivity index (χ2n) is 3.79. The topological polar surface area (TPSA) is 35.8 Å². The molecule has 0 aromatic heterocycles. The fraction of sp³-hybridized carbons (Fsp3) is 0.0714. The summed E-state index contributed by atoms with van der Waals surface area (Å²) in [5.41, 5.74) is 2.95. The van der Waals surface area contributed by atoms with Crippen molar-refractivity contribution in [2.45, 2.75) is 6.54 Å². The number of halogens is 2. The zero-order valence-electron chi connectivity index (χ0n) is 9.45. The smallest absolute Gasteiger partial charge is 0.0991 e. The van der Waals surface area contributed by atoms with E-state index >= 15 is 0 Å². The Labute approximate surface area is 128 Å². The number of nitriles is 1. The molecule has 0 saturated carbocycles. The molecule has 1 N–H and O–H groups in total. The highest BCUT2D eigenvalue weighted by Crippen LogP contribution is 2.23. The van der Waals surface area contributed by atoms with E-state index in [0.717, 1.165) is 22.3 Å². The fourth-order valence-electron chi connectivity index (χ4n) is 1.53. The van der Waals surface area contributed by atoms with Gasteiger partial charge in [-0.2, -0.15) is 5.26 Å². The van der Waals surface area contributed by atoms with Crippen LogP contribution in [0.4, 0.5) is 5.69 Å². The van der Waals surface area contributed by atoms with Gasteiger partial charge in [-0.05, 0) is 58.5 Å². The Morgan fingerprint density at radius 1 is 1.17 bits per heavy atom. The van der Waals surface area contributed by atoms with Crippen molar-refractivity contribution in [1.29, 1.82) is 5.26 Å². The van der Waals surface area contributed by atoms with E-state index in [-0.39, 0.29) is 0 Å². The van der Waals surface area contributed by atoms with Crippen LogP contribution < -0.4 is 5.32 Å². The standard InChI is InChI=1S/C14H10BrIN2/c15-12-5-6-13(16)14(7-12)18-9-11-3-1-10(8-17)2-4-11/h1-7,18H,9H2. The van der Waals surface area contributed by atoms with E-state index in [1.807, 2.05) is 30.3 Å². The average molecular weight is 413 g/mol. The normalized spacial score (nSPS) is 9.83. The number of anilines is 1. The molecule has 0 aliphatic carbocycles. The molecule has 2 rings (SSSR count). The van der Waals surface area contributed by atoms with Gasteiger partial charge in [0.1, 0.15) is 0 Å².